The maximum Gasteiger partial charge on any atom is 0.147 e. The molecule has 0 fully saturated rings. The lowest BCUT2D eigenvalue weighted by molar-refractivity contribution is 0.205. The molecule has 22 heavy (non-hydrogen) atoms. The summed E-state index contributed by atoms with van der Waals surface area (Å²) in [6.07, 6.45) is 1.83. The van der Waals surface area contributed by atoms with Gasteiger partial charge in [-0.15, -0.1) is 10.2 Å². The van der Waals surface area contributed by atoms with E-state index in [-0.39, 0.29) is 0 Å². The van der Waals surface area contributed by atoms with Crippen LogP contribution in [0.3, 0.4) is 0 Å². The quantitative estimate of drug-likeness (QED) is 0.726. The first-order valence-corrected chi connectivity index (χ1v) is 7.37. The van der Waals surface area contributed by atoms with Gasteiger partial charge in [-0.1, -0.05) is 18.2 Å². The summed E-state index contributed by atoms with van der Waals surface area (Å²) < 4.78 is 2.18. The highest BCUT2D eigenvalue weighted by Gasteiger charge is 2.20. The molecule has 1 aromatic carbocycles. The van der Waals surface area contributed by atoms with Crippen LogP contribution in [0, 0.1) is 6.92 Å². The molecule has 0 N–H and O–H groups in total. The number of nitrogens with zero attached hydrogens (tertiary/aromatic N) is 7. The van der Waals surface area contributed by atoms with Gasteiger partial charge >= 0.3 is 0 Å². The number of rotatable bonds is 3. The smallest absolute Gasteiger partial charge is 0.147 e. The summed E-state index contributed by atoms with van der Waals surface area (Å²) in [6, 6.07) is 9.95. The second-order valence-corrected chi connectivity index (χ2v) is 5.49. The first-order chi connectivity index (χ1) is 10.8. The molecule has 1 aliphatic heterocycles. The summed E-state index contributed by atoms with van der Waals surface area (Å²) in [6.45, 7) is 5.49. The van der Waals surface area contributed by atoms with Crippen molar-refractivity contribution in [2.75, 3.05) is 6.54 Å². The lowest BCUT2D eigenvalue weighted by Gasteiger charge is -2.26. The molecule has 0 saturated carbocycles. The van der Waals surface area contributed by atoms with Crippen molar-refractivity contribution in [2.24, 2.45) is 0 Å². The number of aromatic nitrogens is 6. The molecule has 0 bridgehead atoms. The third kappa shape index (κ3) is 2.39. The predicted octanol–water partition coefficient (Wildman–Crippen LogP) is 1.18. The lowest BCUT2D eigenvalue weighted by Crippen LogP contribution is -2.33. The van der Waals surface area contributed by atoms with E-state index in [9.17, 15) is 0 Å². The van der Waals surface area contributed by atoms with Gasteiger partial charge in [0.2, 0.25) is 0 Å². The van der Waals surface area contributed by atoms with Crippen LogP contribution < -0.4 is 0 Å². The minimum absolute atomic E-state index is 0.777. The van der Waals surface area contributed by atoms with E-state index in [1.807, 2.05) is 43.5 Å². The molecular weight excluding hydrogens is 278 g/mol. The summed E-state index contributed by atoms with van der Waals surface area (Å²) in [4.78, 5) is 3.99. The number of aryl methyl sites for hydroxylation is 1. The molecule has 0 atom stereocenters. The minimum atomic E-state index is 0.777. The zero-order chi connectivity index (χ0) is 14.9. The zero-order valence-electron chi connectivity index (χ0n) is 12.4. The monoisotopic (exact) mass is 295 g/mol. The normalized spacial score (nSPS) is 15.0. The van der Waals surface area contributed by atoms with Crippen LogP contribution in [0.2, 0.25) is 0 Å². The standard InChI is InChI=1S/C15H17N7/c1-12-17-18-15-11-20(7-8-21(12)15)10-13-9-16-22(19-13)14-5-3-2-4-6-14/h2-6,9H,7-8,10-11H2,1H3. The molecule has 2 aromatic heterocycles. The fourth-order valence-electron chi connectivity index (χ4n) is 2.77. The number of fused-ring (bicyclic) bond motifs is 1. The topological polar surface area (TPSA) is 64.7 Å². The Morgan fingerprint density at radius 1 is 1.09 bits per heavy atom. The Morgan fingerprint density at radius 3 is 2.82 bits per heavy atom. The Bertz CT molecular complexity index is 774. The van der Waals surface area contributed by atoms with Crippen LogP contribution >= 0.6 is 0 Å². The van der Waals surface area contributed by atoms with E-state index < -0.39 is 0 Å². The van der Waals surface area contributed by atoms with E-state index in [0.717, 1.165) is 49.2 Å². The summed E-state index contributed by atoms with van der Waals surface area (Å²) in [7, 11) is 0. The molecule has 0 radical (unpaired) electrons. The highest BCUT2D eigenvalue weighted by molar-refractivity contribution is 5.28. The number of hydrogen-bond acceptors (Lipinski definition) is 5. The molecule has 0 amide bonds. The molecule has 4 rings (SSSR count). The number of hydrogen-bond donors (Lipinski definition) is 0. The van der Waals surface area contributed by atoms with Gasteiger partial charge in [-0.25, -0.2) is 0 Å². The van der Waals surface area contributed by atoms with E-state index in [1.165, 1.54) is 0 Å². The summed E-state index contributed by atoms with van der Waals surface area (Å²) in [5.41, 5.74) is 1.94. The molecule has 0 aliphatic carbocycles. The lowest BCUT2D eigenvalue weighted by atomic mass is 10.3. The second kappa shape index (κ2) is 5.34. The largest absolute Gasteiger partial charge is 0.313 e. The molecule has 7 heteroatoms. The SMILES string of the molecule is Cc1nnc2n1CCN(Cc1cnn(-c3ccccc3)n1)C2. The maximum absolute atomic E-state index is 4.56. The fourth-order valence-corrected chi connectivity index (χ4v) is 2.77. The first-order valence-electron chi connectivity index (χ1n) is 7.37. The number of para-hydroxylation sites is 1. The molecule has 0 saturated heterocycles. The van der Waals surface area contributed by atoms with Gasteiger partial charge in [-0.05, 0) is 19.1 Å². The molecule has 7 nitrogen and oxygen atoms in total. The Morgan fingerprint density at radius 2 is 1.95 bits per heavy atom. The zero-order valence-corrected chi connectivity index (χ0v) is 12.4. The van der Waals surface area contributed by atoms with Gasteiger partial charge in [0.1, 0.15) is 11.6 Å². The Kier molecular flexibility index (Phi) is 3.19. The maximum atomic E-state index is 4.56. The van der Waals surface area contributed by atoms with Crippen molar-refractivity contribution in [1.82, 2.24) is 34.7 Å². The van der Waals surface area contributed by atoms with Gasteiger partial charge in [0.05, 0.1) is 24.1 Å². The van der Waals surface area contributed by atoms with Crippen molar-refractivity contribution >= 4 is 0 Å². The fraction of sp³-hybridized carbons (Fsp3) is 0.333. The Hall–Kier alpha value is -2.54. The van der Waals surface area contributed by atoms with Gasteiger partial charge in [-0.2, -0.15) is 15.0 Å². The third-order valence-electron chi connectivity index (χ3n) is 3.93. The summed E-state index contributed by atoms with van der Waals surface area (Å²) in [5.74, 6) is 2.02. The van der Waals surface area contributed by atoms with Crippen LogP contribution in [0.4, 0.5) is 0 Å². The molecule has 1 aliphatic rings. The highest BCUT2D eigenvalue weighted by Crippen LogP contribution is 2.14. The van der Waals surface area contributed by atoms with Crippen LogP contribution in [0.15, 0.2) is 36.5 Å². The van der Waals surface area contributed by atoms with Crippen molar-refractivity contribution in [2.45, 2.75) is 26.6 Å². The van der Waals surface area contributed by atoms with E-state index >= 15 is 0 Å². The molecule has 0 unspecified atom stereocenters. The number of benzene rings is 1. The Labute approximate surface area is 128 Å². The van der Waals surface area contributed by atoms with Crippen molar-refractivity contribution < 1.29 is 0 Å². The molecular formula is C15H17N7. The third-order valence-corrected chi connectivity index (χ3v) is 3.93. The van der Waals surface area contributed by atoms with Crippen LogP contribution in [0.25, 0.3) is 5.69 Å². The predicted molar refractivity (Wildman–Crippen MR) is 80.2 cm³/mol. The van der Waals surface area contributed by atoms with Gasteiger partial charge in [0.15, 0.2) is 0 Å². The average Bonchev–Trinajstić information content (AvgIpc) is 3.16. The van der Waals surface area contributed by atoms with E-state index in [0.29, 0.717) is 0 Å². The van der Waals surface area contributed by atoms with E-state index in [1.54, 1.807) is 4.80 Å². The molecule has 0 spiro atoms. The van der Waals surface area contributed by atoms with Crippen molar-refractivity contribution in [1.29, 1.82) is 0 Å². The minimum Gasteiger partial charge on any atom is -0.313 e. The van der Waals surface area contributed by atoms with Gasteiger partial charge < -0.3 is 4.57 Å². The van der Waals surface area contributed by atoms with Crippen LogP contribution in [-0.4, -0.2) is 41.2 Å². The second-order valence-electron chi connectivity index (χ2n) is 5.49. The van der Waals surface area contributed by atoms with Crippen LogP contribution in [0.5, 0.6) is 0 Å². The molecule has 3 aromatic rings. The molecule has 112 valence electrons. The molecule has 3 heterocycles. The van der Waals surface area contributed by atoms with E-state index in [2.05, 4.69) is 29.9 Å². The van der Waals surface area contributed by atoms with Gasteiger partial charge in [0.25, 0.3) is 0 Å². The van der Waals surface area contributed by atoms with Crippen molar-refractivity contribution in [3.05, 3.63) is 53.9 Å². The van der Waals surface area contributed by atoms with Gasteiger partial charge in [-0.3, -0.25) is 4.90 Å². The highest BCUT2D eigenvalue weighted by atomic mass is 15.5. The van der Waals surface area contributed by atoms with Crippen LogP contribution in [-0.2, 0) is 19.6 Å². The van der Waals surface area contributed by atoms with Crippen LogP contribution in [0.1, 0.15) is 17.3 Å². The van der Waals surface area contributed by atoms with Gasteiger partial charge in [0, 0.05) is 19.6 Å². The average molecular weight is 295 g/mol. The van der Waals surface area contributed by atoms with Crippen molar-refractivity contribution in [3.63, 3.8) is 0 Å². The summed E-state index contributed by atoms with van der Waals surface area (Å²) >= 11 is 0. The van der Waals surface area contributed by atoms with E-state index in [4.69, 9.17) is 0 Å². The van der Waals surface area contributed by atoms with Crippen molar-refractivity contribution in [3.8, 4) is 5.69 Å². The summed E-state index contributed by atoms with van der Waals surface area (Å²) in [5, 5.41) is 17.3. The Balaban J connectivity index is 1.48. The first kappa shape index (κ1) is 13.1.